The zero-order valence-electron chi connectivity index (χ0n) is 18.3. The van der Waals surface area contributed by atoms with E-state index in [1.54, 1.807) is 18.2 Å². The summed E-state index contributed by atoms with van der Waals surface area (Å²) in [6, 6.07) is 13.0. The van der Waals surface area contributed by atoms with Gasteiger partial charge in [-0.05, 0) is 102 Å². The summed E-state index contributed by atoms with van der Waals surface area (Å²) in [5.41, 5.74) is 15.8. The lowest BCUT2D eigenvalue weighted by atomic mass is 9.55. The summed E-state index contributed by atoms with van der Waals surface area (Å²) in [6.07, 6.45) is 6.51. The van der Waals surface area contributed by atoms with Crippen LogP contribution in [0.25, 0.3) is 6.08 Å². The Labute approximate surface area is 187 Å². The predicted molar refractivity (Wildman–Crippen MR) is 123 cm³/mol. The van der Waals surface area contributed by atoms with Crippen molar-refractivity contribution in [2.75, 3.05) is 0 Å². The fraction of sp³-hybridized carbons (Fsp3) is 0.370. The Kier molecular flexibility index (Phi) is 4.81. The number of amides is 2. The number of rotatable bonds is 3. The molecule has 2 aromatic carbocycles. The van der Waals surface area contributed by atoms with Crippen LogP contribution in [0.4, 0.5) is 0 Å². The van der Waals surface area contributed by atoms with E-state index >= 15 is 0 Å². The van der Waals surface area contributed by atoms with Gasteiger partial charge in [0.25, 0.3) is 0 Å². The first-order valence-electron chi connectivity index (χ1n) is 11.4. The van der Waals surface area contributed by atoms with E-state index in [0.717, 1.165) is 43.2 Å². The van der Waals surface area contributed by atoms with Crippen molar-refractivity contribution in [3.05, 3.63) is 75.9 Å². The number of nitrogens with two attached hydrogens (primary N) is 2. The molecule has 3 aliphatic rings. The maximum Gasteiger partial charge on any atom is 0.248 e. The van der Waals surface area contributed by atoms with Crippen molar-refractivity contribution in [1.82, 2.24) is 0 Å². The fourth-order valence-corrected chi connectivity index (χ4v) is 6.52. The molecule has 0 saturated heterocycles. The van der Waals surface area contributed by atoms with Crippen molar-refractivity contribution in [1.29, 1.82) is 0 Å². The lowest BCUT2D eigenvalue weighted by molar-refractivity contribution is -0.127. The van der Waals surface area contributed by atoms with Gasteiger partial charge in [-0.2, -0.15) is 0 Å². The van der Waals surface area contributed by atoms with Crippen LogP contribution in [0.3, 0.4) is 0 Å². The Bertz CT molecular complexity index is 1180. The first kappa shape index (κ1) is 20.7. The number of ketones is 1. The minimum absolute atomic E-state index is 0.250. The van der Waals surface area contributed by atoms with Crippen LogP contribution in [0.1, 0.15) is 75.9 Å². The molecule has 4 unspecified atom stereocenters. The first-order valence-corrected chi connectivity index (χ1v) is 11.4. The average molecular weight is 429 g/mol. The quantitative estimate of drug-likeness (QED) is 0.722. The minimum atomic E-state index is -0.466. The van der Waals surface area contributed by atoms with Crippen LogP contribution in [0.5, 0.6) is 0 Å². The number of benzene rings is 2. The Morgan fingerprint density at radius 1 is 1.03 bits per heavy atom. The normalized spacial score (nSPS) is 29.8. The van der Waals surface area contributed by atoms with E-state index in [2.05, 4.69) is 13.0 Å². The monoisotopic (exact) mass is 428 g/mol. The molecule has 32 heavy (non-hydrogen) atoms. The summed E-state index contributed by atoms with van der Waals surface area (Å²) in [5.74, 6) is 0.578. The number of Topliss-reactive ketones (excluding diaryl/α,β-unsaturated/α-hetero) is 1. The molecule has 164 valence electrons. The summed E-state index contributed by atoms with van der Waals surface area (Å²) in [5, 5.41) is 0. The third kappa shape index (κ3) is 3.19. The molecule has 4 N–H and O–H groups in total. The number of carbonyl (C=O) groups is 3. The molecular formula is C27H28N2O3. The van der Waals surface area contributed by atoms with Crippen LogP contribution in [-0.2, 0) is 11.2 Å². The Balaban J connectivity index is 1.46. The molecule has 2 saturated carbocycles. The number of primary amides is 2. The minimum Gasteiger partial charge on any atom is -0.366 e. The Morgan fingerprint density at radius 3 is 2.53 bits per heavy atom. The number of fused-ring (bicyclic) bond motifs is 5. The molecule has 0 spiro atoms. The molecular weight excluding hydrogens is 400 g/mol. The summed E-state index contributed by atoms with van der Waals surface area (Å²) < 4.78 is 0. The van der Waals surface area contributed by atoms with E-state index in [1.807, 2.05) is 24.3 Å². The molecule has 0 bridgehead atoms. The first-order chi connectivity index (χ1) is 15.3. The zero-order chi connectivity index (χ0) is 22.6. The van der Waals surface area contributed by atoms with Crippen molar-refractivity contribution >= 4 is 23.7 Å². The number of hydrogen-bond donors (Lipinski definition) is 2. The molecule has 2 fully saturated rings. The van der Waals surface area contributed by atoms with Crippen molar-refractivity contribution in [2.45, 2.75) is 44.9 Å². The molecule has 0 radical (unpaired) electrons. The van der Waals surface area contributed by atoms with Gasteiger partial charge in [-0.25, -0.2) is 0 Å². The fourth-order valence-electron chi connectivity index (χ4n) is 6.52. The van der Waals surface area contributed by atoms with Gasteiger partial charge in [0, 0.05) is 16.5 Å². The van der Waals surface area contributed by atoms with E-state index < -0.39 is 5.91 Å². The van der Waals surface area contributed by atoms with Gasteiger partial charge in [0.2, 0.25) is 11.8 Å². The number of allylic oxidation sites excluding steroid dienone is 1. The van der Waals surface area contributed by atoms with Crippen LogP contribution in [-0.4, -0.2) is 17.6 Å². The molecule has 5 heteroatoms. The maximum atomic E-state index is 13.5. The lowest BCUT2D eigenvalue weighted by Crippen LogP contribution is -2.42. The van der Waals surface area contributed by atoms with Gasteiger partial charge in [0.15, 0.2) is 5.78 Å². The molecule has 0 aliphatic heterocycles. The van der Waals surface area contributed by atoms with Crippen molar-refractivity contribution < 1.29 is 14.4 Å². The SMILES string of the molecule is CC12CCC3c4ccc(C(N)=O)cc4CCC3C1CC(=Cc1cccc(C(N)=O)c1)C2=O. The van der Waals surface area contributed by atoms with Gasteiger partial charge in [0.1, 0.15) is 0 Å². The summed E-state index contributed by atoms with van der Waals surface area (Å²) in [4.78, 5) is 36.6. The van der Waals surface area contributed by atoms with Gasteiger partial charge in [-0.3, -0.25) is 14.4 Å². The van der Waals surface area contributed by atoms with Crippen LogP contribution < -0.4 is 11.5 Å². The van der Waals surface area contributed by atoms with Gasteiger partial charge in [0.05, 0.1) is 0 Å². The third-order valence-corrected chi connectivity index (χ3v) is 8.16. The van der Waals surface area contributed by atoms with Crippen molar-refractivity contribution in [3.63, 3.8) is 0 Å². The largest absolute Gasteiger partial charge is 0.366 e. The van der Waals surface area contributed by atoms with Crippen molar-refractivity contribution in [3.8, 4) is 0 Å². The molecule has 0 aromatic heterocycles. The molecule has 0 heterocycles. The molecule has 5 rings (SSSR count). The second-order valence-corrected chi connectivity index (χ2v) is 9.84. The average Bonchev–Trinajstić information content (AvgIpc) is 3.03. The second kappa shape index (κ2) is 7.44. The van der Waals surface area contributed by atoms with E-state index in [0.29, 0.717) is 28.9 Å². The van der Waals surface area contributed by atoms with Crippen molar-refractivity contribution in [2.24, 2.45) is 28.7 Å². The molecule has 4 atom stereocenters. The predicted octanol–water partition coefficient (Wildman–Crippen LogP) is 4.00. The van der Waals surface area contributed by atoms with E-state index in [1.165, 1.54) is 11.1 Å². The van der Waals surface area contributed by atoms with Crippen LogP contribution >= 0.6 is 0 Å². The Hall–Kier alpha value is -3.21. The number of aryl methyl sites for hydroxylation is 1. The standard InChI is InChI=1S/C27H28N2O3/c1-27-10-9-21-20-7-6-18(26(29)32)13-16(20)5-8-22(21)23(27)14-19(24(27)30)12-15-3-2-4-17(11-15)25(28)31/h2-4,6-7,11-13,21-23H,5,8-10,14H2,1H3,(H2,28,31)(H2,29,32). The van der Waals surface area contributed by atoms with E-state index in [-0.39, 0.29) is 17.1 Å². The summed E-state index contributed by atoms with van der Waals surface area (Å²) in [7, 11) is 0. The van der Waals surface area contributed by atoms with Crippen LogP contribution in [0.15, 0.2) is 48.0 Å². The Morgan fingerprint density at radius 2 is 1.78 bits per heavy atom. The molecule has 2 aromatic rings. The van der Waals surface area contributed by atoms with Gasteiger partial charge < -0.3 is 11.5 Å². The number of carbonyl (C=O) groups excluding carboxylic acids is 3. The zero-order valence-corrected chi connectivity index (χ0v) is 18.3. The van der Waals surface area contributed by atoms with Crippen LogP contribution in [0, 0.1) is 17.3 Å². The maximum absolute atomic E-state index is 13.5. The topological polar surface area (TPSA) is 103 Å². The van der Waals surface area contributed by atoms with Gasteiger partial charge >= 0.3 is 0 Å². The highest BCUT2D eigenvalue weighted by molar-refractivity contribution is 6.06. The number of hydrogen-bond acceptors (Lipinski definition) is 3. The van der Waals surface area contributed by atoms with E-state index in [4.69, 9.17) is 11.5 Å². The van der Waals surface area contributed by atoms with Gasteiger partial charge in [-0.15, -0.1) is 0 Å². The summed E-state index contributed by atoms with van der Waals surface area (Å²) in [6.45, 7) is 2.14. The highest BCUT2D eigenvalue weighted by Gasteiger charge is 2.56. The lowest BCUT2D eigenvalue weighted by Gasteiger charge is -2.48. The summed E-state index contributed by atoms with van der Waals surface area (Å²) >= 11 is 0. The van der Waals surface area contributed by atoms with Crippen LogP contribution in [0.2, 0.25) is 0 Å². The highest BCUT2D eigenvalue weighted by Crippen LogP contribution is 2.60. The van der Waals surface area contributed by atoms with E-state index in [9.17, 15) is 14.4 Å². The smallest absolute Gasteiger partial charge is 0.248 e. The molecule has 5 nitrogen and oxygen atoms in total. The second-order valence-electron chi connectivity index (χ2n) is 9.84. The third-order valence-electron chi connectivity index (χ3n) is 8.16. The molecule has 2 amide bonds. The van der Waals surface area contributed by atoms with Gasteiger partial charge in [-0.1, -0.05) is 25.1 Å². The molecule has 3 aliphatic carbocycles. The highest BCUT2D eigenvalue weighted by atomic mass is 16.1.